The minimum atomic E-state index is -3.08. The van der Waals surface area contributed by atoms with Gasteiger partial charge in [-0.05, 0) is 58.3 Å². The van der Waals surface area contributed by atoms with E-state index in [2.05, 4.69) is 10.6 Å². The number of sulfonamides is 1. The smallest absolute Gasteiger partial charge is 0.308 e. The molecule has 2 aliphatic rings. The summed E-state index contributed by atoms with van der Waals surface area (Å²) in [6.07, 6.45) is 6.53. The summed E-state index contributed by atoms with van der Waals surface area (Å²) >= 11 is 0. The molecule has 28 heavy (non-hydrogen) atoms. The molecule has 2 rings (SSSR count). The van der Waals surface area contributed by atoms with Gasteiger partial charge >= 0.3 is 5.97 Å². The van der Waals surface area contributed by atoms with Crippen molar-refractivity contribution in [3.8, 4) is 0 Å². The van der Waals surface area contributed by atoms with Crippen LogP contribution in [0.25, 0.3) is 0 Å². The monoisotopic (exact) mass is 416 g/mol. The lowest BCUT2D eigenvalue weighted by molar-refractivity contribution is -0.149. The lowest BCUT2D eigenvalue weighted by Gasteiger charge is -2.30. The Balaban J connectivity index is 1.79. The van der Waals surface area contributed by atoms with Gasteiger partial charge in [-0.1, -0.05) is 0 Å². The Hall–Kier alpha value is -1.35. The fourth-order valence-corrected chi connectivity index (χ4v) is 4.76. The van der Waals surface area contributed by atoms with Gasteiger partial charge in [0.1, 0.15) is 0 Å². The van der Waals surface area contributed by atoms with E-state index in [1.54, 1.807) is 4.31 Å². The molecular formula is C19H36N4O4S. The Bertz CT molecular complexity index is 622. The molecule has 0 unspecified atom stereocenters. The maximum Gasteiger partial charge on any atom is 0.308 e. The van der Waals surface area contributed by atoms with E-state index in [-0.39, 0.29) is 11.9 Å². The fourth-order valence-electron chi connectivity index (χ4n) is 3.89. The van der Waals surface area contributed by atoms with E-state index < -0.39 is 10.0 Å². The number of guanidine groups is 1. The summed E-state index contributed by atoms with van der Waals surface area (Å²) in [5, 5.41) is 6.80. The first-order valence-corrected chi connectivity index (χ1v) is 12.3. The van der Waals surface area contributed by atoms with Crippen molar-refractivity contribution >= 4 is 22.0 Å². The summed E-state index contributed by atoms with van der Waals surface area (Å²) in [4.78, 5) is 16.6. The number of piperidine rings is 1. The predicted molar refractivity (Wildman–Crippen MR) is 111 cm³/mol. The topological polar surface area (TPSA) is 100 Å². The second-order valence-corrected chi connectivity index (χ2v) is 9.75. The summed E-state index contributed by atoms with van der Waals surface area (Å²) < 4.78 is 29.9. The maximum atomic E-state index is 11.9. The summed E-state index contributed by atoms with van der Waals surface area (Å²) in [6, 6.07) is 0.315. The molecule has 1 saturated carbocycles. The summed E-state index contributed by atoms with van der Waals surface area (Å²) in [6.45, 7) is 6.98. The maximum absolute atomic E-state index is 11.9. The third-order valence-corrected chi connectivity index (χ3v) is 6.89. The average Bonchev–Trinajstić information content (AvgIpc) is 2.66. The molecule has 0 aromatic heterocycles. The van der Waals surface area contributed by atoms with Gasteiger partial charge in [0.05, 0.1) is 18.8 Å². The highest BCUT2D eigenvalue weighted by Gasteiger charge is 2.28. The van der Waals surface area contributed by atoms with E-state index >= 15 is 0 Å². The molecule has 0 atom stereocenters. The van der Waals surface area contributed by atoms with Crippen molar-refractivity contribution in [2.75, 3.05) is 39.0 Å². The number of nitrogens with zero attached hydrogens (tertiary/aromatic N) is 2. The second kappa shape index (κ2) is 11.0. The van der Waals surface area contributed by atoms with Gasteiger partial charge in [-0.3, -0.25) is 9.79 Å². The van der Waals surface area contributed by atoms with Crippen LogP contribution < -0.4 is 10.6 Å². The Morgan fingerprint density at radius 2 is 1.75 bits per heavy atom. The number of carbonyl (C=O) groups is 1. The molecule has 2 N–H and O–H groups in total. The number of nitrogens with one attached hydrogen (secondary N) is 2. The standard InChI is InChI=1S/C19H36N4O4S/c1-4-20-19(21-14-15-10-12-23(13-11-15)28(3,25)26)22-17-8-6-16(7-9-17)18(24)27-5-2/h15-17H,4-14H2,1-3H3,(H2,20,21,22). The van der Waals surface area contributed by atoms with Gasteiger partial charge in [0.15, 0.2) is 5.96 Å². The van der Waals surface area contributed by atoms with Gasteiger partial charge in [-0.15, -0.1) is 0 Å². The van der Waals surface area contributed by atoms with E-state index in [0.29, 0.717) is 38.2 Å². The van der Waals surface area contributed by atoms with Crippen molar-refractivity contribution in [3.05, 3.63) is 0 Å². The first-order chi connectivity index (χ1) is 13.3. The highest BCUT2D eigenvalue weighted by molar-refractivity contribution is 7.88. The van der Waals surface area contributed by atoms with Crippen molar-refractivity contribution in [3.63, 3.8) is 0 Å². The first-order valence-electron chi connectivity index (χ1n) is 10.5. The van der Waals surface area contributed by atoms with E-state index in [1.165, 1.54) is 6.26 Å². The van der Waals surface area contributed by atoms with Crippen molar-refractivity contribution < 1.29 is 17.9 Å². The molecule has 0 bridgehead atoms. The fraction of sp³-hybridized carbons (Fsp3) is 0.895. The minimum absolute atomic E-state index is 0.0255. The third-order valence-electron chi connectivity index (χ3n) is 5.58. The number of carbonyl (C=O) groups excluding carboxylic acids is 1. The lowest BCUT2D eigenvalue weighted by Crippen LogP contribution is -2.45. The predicted octanol–water partition coefficient (Wildman–Crippen LogP) is 1.34. The van der Waals surface area contributed by atoms with E-state index in [9.17, 15) is 13.2 Å². The van der Waals surface area contributed by atoms with Gasteiger partial charge in [-0.25, -0.2) is 12.7 Å². The zero-order valence-corrected chi connectivity index (χ0v) is 18.3. The summed E-state index contributed by atoms with van der Waals surface area (Å²) in [5.74, 6) is 1.18. The lowest BCUT2D eigenvalue weighted by atomic mass is 9.86. The molecule has 1 heterocycles. The van der Waals surface area contributed by atoms with E-state index in [4.69, 9.17) is 9.73 Å². The first kappa shape index (κ1) is 22.9. The van der Waals surface area contributed by atoms with Gasteiger partial charge in [0, 0.05) is 32.2 Å². The molecule has 0 radical (unpaired) electrons. The molecule has 0 spiro atoms. The number of hydrogen-bond acceptors (Lipinski definition) is 5. The van der Waals surface area contributed by atoms with Crippen molar-refractivity contribution in [2.45, 2.75) is 58.4 Å². The molecule has 1 aliphatic heterocycles. The number of esters is 1. The minimum Gasteiger partial charge on any atom is -0.466 e. The molecule has 9 heteroatoms. The molecule has 0 aromatic rings. The second-order valence-electron chi connectivity index (χ2n) is 7.77. The SMILES string of the molecule is CCNC(=NCC1CCN(S(C)(=O)=O)CC1)NC1CCC(C(=O)OCC)CC1. The van der Waals surface area contributed by atoms with Crippen molar-refractivity contribution in [1.82, 2.24) is 14.9 Å². The Kier molecular flexibility index (Phi) is 9.01. The zero-order valence-electron chi connectivity index (χ0n) is 17.4. The molecule has 8 nitrogen and oxygen atoms in total. The van der Waals surface area contributed by atoms with Crippen LogP contribution in [0.1, 0.15) is 52.4 Å². The van der Waals surface area contributed by atoms with Crippen LogP contribution in [-0.4, -0.2) is 69.7 Å². The van der Waals surface area contributed by atoms with Crippen LogP contribution in [0.15, 0.2) is 4.99 Å². The molecular weight excluding hydrogens is 380 g/mol. The normalized spacial score (nSPS) is 25.3. The van der Waals surface area contributed by atoms with Crippen LogP contribution in [0, 0.1) is 11.8 Å². The Labute approximate surface area is 169 Å². The van der Waals surface area contributed by atoms with Crippen LogP contribution in [-0.2, 0) is 19.6 Å². The Morgan fingerprint density at radius 3 is 2.29 bits per heavy atom. The van der Waals surface area contributed by atoms with Gasteiger partial charge in [-0.2, -0.15) is 0 Å². The summed E-state index contributed by atoms with van der Waals surface area (Å²) in [7, 11) is -3.08. The van der Waals surface area contributed by atoms with E-state index in [1.807, 2.05) is 13.8 Å². The highest BCUT2D eigenvalue weighted by Crippen LogP contribution is 2.25. The summed E-state index contributed by atoms with van der Waals surface area (Å²) in [5.41, 5.74) is 0. The van der Waals surface area contributed by atoms with Crippen molar-refractivity contribution in [1.29, 1.82) is 0 Å². The Morgan fingerprint density at radius 1 is 1.11 bits per heavy atom. The number of ether oxygens (including phenoxy) is 1. The van der Waals surface area contributed by atoms with Gasteiger partial charge in [0.2, 0.25) is 10.0 Å². The zero-order chi connectivity index (χ0) is 20.6. The van der Waals surface area contributed by atoms with Crippen LogP contribution >= 0.6 is 0 Å². The molecule has 0 amide bonds. The van der Waals surface area contributed by atoms with Crippen LogP contribution in [0.2, 0.25) is 0 Å². The van der Waals surface area contributed by atoms with E-state index in [0.717, 1.165) is 51.0 Å². The number of aliphatic imine (C=N–C) groups is 1. The van der Waals surface area contributed by atoms with Crippen molar-refractivity contribution in [2.24, 2.45) is 16.8 Å². The van der Waals surface area contributed by atoms with Crippen LogP contribution in [0.3, 0.4) is 0 Å². The highest BCUT2D eigenvalue weighted by atomic mass is 32.2. The molecule has 0 aromatic carbocycles. The molecule has 1 aliphatic carbocycles. The largest absolute Gasteiger partial charge is 0.466 e. The number of hydrogen-bond donors (Lipinski definition) is 2. The average molecular weight is 417 g/mol. The van der Waals surface area contributed by atoms with Gasteiger partial charge in [0.25, 0.3) is 0 Å². The molecule has 2 fully saturated rings. The van der Waals surface area contributed by atoms with Crippen LogP contribution in [0.4, 0.5) is 0 Å². The third kappa shape index (κ3) is 7.24. The van der Waals surface area contributed by atoms with Gasteiger partial charge < -0.3 is 15.4 Å². The molecule has 1 saturated heterocycles. The molecule has 162 valence electrons. The number of rotatable bonds is 7. The quantitative estimate of drug-likeness (QED) is 0.369. The van der Waals surface area contributed by atoms with Crippen LogP contribution in [0.5, 0.6) is 0 Å².